The molecule has 1 unspecified atom stereocenters. The van der Waals surface area contributed by atoms with E-state index in [4.69, 9.17) is 9.63 Å². The summed E-state index contributed by atoms with van der Waals surface area (Å²) < 4.78 is 6.25. The number of aliphatic hydroxyl groups excluding tert-OH is 1. The van der Waals surface area contributed by atoms with Crippen molar-refractivity contribution in [2.45, 2.75) is 18.9 Å². The molecule has 1 atom stereocenters. The summed E-state index contributed by atoms with van der Waals surface area (Å²) in [5.74, 6) is 0.610. The summed E-state index contributed by atoms with van der Waals surface area (Å²) >= 11 is 3.40. The molecule has 0 radical (unpaired) electrons. The Balaban J connectivity index is 1.86. The van der Waals surface area contributed by atoms with Crippen molar-refractivity contribution in [2.24, 2.45) is 0 Å². The topological polar surface area (TPSA) is 79.5 Å². The Morgan fingerprint density at radius 2 is 2.38 bits per heavy atom. The monoisotopic (exact) mass is 351 g/mol. The molecule has 1 aliphatic heterocycles. The van der Waals surface area contributed by atoms with E-state index in [1.807, 2.05) is 24.3 Å². The van der Waals surface area contributed by atoms with Crippen LogP contribution in [0.5, 0.6) is 0 Å². The van der Waals surface area contributed by atoms with Crippen LogP contribution in [0.4, 0.5) is 0 Å². The van der Waals surface area contributed by atoms with Gasteiger partial charge in [-0.1, -0.05) is 33.2 Å². The van der Waals surface area contributed by atoms with Gasteiger partial charge in [0, 0.05) is 16.6 Å². The molecule has 1 aliphatic rings. The first-order valence-electron chi connectivity index (χ1n) is 6.69. The van der Waals surface area contributed by atoms with E-state index in [1.54, 1.807) is 4.90 Å². The third-order valence-electron chi connectivity index (χ3n) is 3.52. The average molecular weight is 352 g/mol. The molecule has 1 N–H and O–H groups in total. The summed E-state index contributed by atoms with van der Waals surface area (Å²) in [6.45, 7) is 0.113. The number of halogens is 1. The predicted molar refractivity (Wildman–Crippen MR) is 78.2 cm³/mol. The van der Waals surface area contributed by atoms with Crippen molar-refractivity contribution >= 4 is 21.8 Å². The van der Waals surface area contributed by atoms with Gasteiger partial charge in [0.1, 0.15) is 12.6 Å². The lowest BCUT2D eigenvalue weighted by atomic mass is 10.2. The quantitative estimate of drug-likeness (QED) is 0.916. The number of carbonyl (C=O) groups is 1. The van der Waals surface area contributed by atoms with E-state index in [1.165, 1.54) is 0 Å². The molecule has 2 heterocycles. The third kappa shape index (κ3) is 2.84. The maximum Gasteiger partial charge on any atom is 0.249 e. The Morgan fingerprint density at radius 1 is 1.52 bits per heavy atom. The first-order chi connectivity index (χ1) is 10.2. The standard InChI is InChI=1S/C14H14BrN3O3/c15-10-4-1-3-9(7-10)13-16-14(21-17-13)11-5-2-6-18(11)12(20)8-19/h1,3-4,7,11,19H,2,5-6,8H2. The van der Waals surface area contributed by atoms with Gasteiger partial charge in [-0.05, 0) is 25.0 Å². The molecule has 1 aromatic carbocycles. The number of hydrogen-bond acceptors (Lipinski definition) is 5. The molecule has 1 fully saturated rings. The zero-order chi connectivity index (χ0) is 14.8. The Hall–Kier alpha value is -1.73. The number of likely N-dealkylation sites (tertiary alicyclic amines) is 1. The summed E-state index contributed by atoms with van der Waals surface area (Å²) in [6, 6.07) is 7.37. The van der Waals surface area contributed by atoms with Gasteiger partial charge in [0.25, 0.3) is 0 Å². The van der Waals surface area contributed by atoms with E-state index in [-0.39, 0.29) is 11.9 Å². The van der Waals surface area contributed by atoms with Crippen LogP contribution in [-0.2, 0) is 4.79 Å². The second-order valence-corrected chi connectivity index (χ2v) is 5.79. The molecule has 1 amide bonds. The second kappa shape index (κ2) is 5.95. The molecule has 0 aliphatic carbocycles. The van der Waals surface area contributed by atoms with E-state index in [9.17, 15) is 4.79 Å². The summed E-state index contributed by atoms with van der Waals surface area (Å²) in [5.41, 5.74) is 0.845. The third-order valence-corrected chi connectivity index (χ3v) is 4.01. The zero-order valence-electron chi connectivity index (χ0n) is 11.2. The molecule has 3 rings (SSSR count). The van der Waals surface area contributed by atoms with Crippen LogP contribution < -0.4 is 0 Å². The van der Waals surface area contributed by atoms with E-state index < -0.39 is 6.61 Å². The van der Waals surface area contributed by atoms with Crippen LogP contribution in [0, 0.1) is 0 Å². The Morgan fingerprint density at radius 3 is 3.14 bits per heavy atom. The minimum atomic E-state index is -0.497. The highest BCUT2D eigenvalue weighted by atomic mass is 79.9. The number of hydrogen-bond donors (Lipinski definition) is 1. The lowest BCUT2D eigenvalue weighted by Gasteiger charge is -2.20. The molecule has 7 heteroatoms. The number of benzene rings is 1. The number of aliphatic hydroxyl groups is 1. The van der Waals surface area contributed by atoms with Gasteiger partial charge in [-0.25, -0.2) is 0 Å². The maximum atomic E-state index is 11.7. The predicted octanol–water partition coefficient (Wildman–Crippen LogP) is 2.15. The molecule has 0 spiro atoms. The number of nitrogens with zero attached hydrogens (tertiary/aromatic N) is 3. The van der Waals surface area contributed by atoms with Crippen LogP contribution in [-0.4, -0.2) is 39.2 Å². The Labute approximate surface area is 129 Å². The van der Waals surface area contributed by atoms with E-state index in [0.29, 0.717) is 18.3 Å². The van der Waals surface area contributed by atoms with Crippen molar-refractivity contribution in [3.63, 3.8) is 0 Å². The number of rotatable bonds is 3. The van der Waals surface area contributed by atoms with Crippen LogP contribution in [0.1, 0.15) is 24.8 Å². The average Bonchev–Trinajstić information content (AvgIpc) is 3.15. The fourth-order valence-corrected chi connectivity index (χ4v) is 2.93. The minimum absolute atomic E-state index is 0.238. The van der Waals surface area contributed by atoms with Crippen LogP contribution in [0.25, 0.3) is 11.4 Å². The molecule has 0 saturated carbocycles. The van der Waals surface area contributed by atoms with Gasteiger partial charge >= 0.3 is 0 Å². The molecule has 21 heavy (non-hydrogen) atoms. The van der Waals surface area contributed by atoms with Gasteiger partial charge in [-0.15, -0.1) is 0 Å². The van der Waals surface area contributed by atoms with Crippen molar-refractivity contribution in [2.75, 3.05) is 13.2 Å². The molecule has 110 valence electrons. The maximum absolute atomic E-state index is 11.7. The molecule has 2 aromatic rings. The van der Waals surface area contributed by atoms with Gasteiger partial charge in [0.2, 0.25) is 17.6 Å². The van der Waals surface area contributed by atoms with Crippen LogP contribution >= 0.6 is 15.9 Å². The molecule has 6 nitrogen and oxygen atoms in total. The highest BCUT2D eigenvalue weighted by molar-refractivity contribution is 9.10. The number of aromatic nitrogens is 2. The smallest absolute Gasteiger partial charge is 0.249 e. The molecule has 0 bridgehead atoms. The summed E-state index contributed by atoms with van der Waals surface area (Å²) in [6.07, 6.45) is 1.64. The van der Waals surface area contributed by atoms with Gasteiger partial charge in [0.15, 0.2) is 0 Å². The summed E-state index contributed by atoms with van der Waals surface area (Å²) in [4.78, 5) is 17.7. The largest absolute Gasteiger partial charge is 0.387 e. The first kappa shape index (κ1) is 14.2. The fraction of sp³-hybridized carbons (Fsp3) is 0.357. The van der Waals surface area contributed by atoms with Gasteiger partial charge < -0.3 is 14.5 Å². The van der Waals surface area contributed by atoms with Crippen LogP contribution in [0.15, 0.2) is 33.3 Å². The SMILES string of the molecule is O=C(CO)N1CCCC1c1nc(-c2cccc(Br)c2)no1. The van der Waals surface area contributed by atoms with Crippen molar-refractivity contribution in [1.82, 2.24) is 15.0 Å². The van der Waals surface area contributed by atoms with Gasteiger partial charge in [-0.3, -0.25) is 4.79 Å². The normalized spacial score (nSPS) is 18.2. The van der Waals surface area contributed by atoms with Gasteiger partial charge in [0.05, 0.1) is 0 Å². The molecular formula is C14H14BrN3O3. The van der Waals surface area contributed by atoms with Gasteiger partial charge in [-0.2, -0.15) is 4.98 Å². The number of carbonyl (C=O) groups excluding carboxylic acids is 1. The Kier molecular flexibility index (Phi) is 4.03. The lowest BCUT2D eigenvalue weighted by Crippen LogP contribution is -2.32. The number of amides is 1. The lowest BCUT2D eigenvalue weighted by molar-refractivity contribution is -0.135. The highest BCUT2D eigenvalue weighted by Gasteiger charge is 2.33. The molecule has 1 aromatic heterocycles. The summed E-state index contributed by atoms with van der Waals surface area (Å²) in [5, 5.41) is 13.0. The minimum Gasteiger partial charge on any atom is -0.387 e. The fourth-order valence-electron chi connectivity index (χ4n) is 2.53. The first-order valence-corrected chi connectivity index (χ1v) is 7.48. The summed E-state index contributed by atoms with van der Waals surface area (Å²) in [7, 11) is 0. The molecular weight excluding hydrogens is 338 g/mol. The van der Waals surface area contributed by atoms with E-state index in [0.717, 1.165) is 22.9 Å². The van der Waals surface area contributed by atoms with Crippen LogP contribution in [0.3, 0.4) is 0 Å². The zero-order valence-corrected chi connectivity index (χ0v) is 12.8. The van der Waals surface area contributed by atoms with E-state index in [2.05, 4.69) is 26.1 Å². The van der Waals surface area contributed by atoms with Crippen LogP contribution in [0.2, 0.25) is 0 Å². The van der Waals surface area contributed by atoms with E-state index >= 15 is 0 Å². The van der Waals surface area contributed by atoms with Crippen molar-refractivity contribution < 1.29 is 14.4 Å². The van der Waals surface area contributed by atoms with Crippen molar-refractivity contribution in [3.8, 4) is 11.4 Å². The van der Waals surface area contributed by atoms with Crippen molar-refractivity contribution in [3.05, 3.63) is 34.6 Å². The second-order valence-electron chi connectivity index (χ2n) is 4.87. The van der Waals surface area contributed by atoms with Crippen molar-refractivity contribution in [1.29, 1.82) is 0 Å². The molecule has 1 saturated heterocycles. The Bertz CT molecular complexity index is 658. The highest BCUT2D eigenvalue weighted by Crippen LogP contribution is 2.32.